The Morgan fingerprint density at radius 1 is 0.424 bits per heavy atom. The van der Waals surface area contributed by atoms with E-state index in [1.165, 1.54) is 128 Å². The maximum Gasteiger partial charge on any atom is 0.227 e. The van der Waals surface area contributed by atoms with Crippen LogP contribution >= 0.6 is 0 Å². The Bertz CT molecular complexity index is 3160. The number of aryl methyl sites for hydroxylation is 4. The number of anilines is 4. The number of carbonyl (C=O) groups excluding carboxylic acids is 3. The second-order valence-electron chi connectivity index (χ2n) is 26.9. The molecule has 0 aromatic heterocycles. The van der Waals surface area contributed by atoms with E-state index < -0.39 is 0 Å². The zero-order valence-electron chi connectivity index (χ0n) is 58.1. The highest BCUT2D eigenvalue weighted by molar-refractivity contribution is 6.40. The van der Waals surface area contributed by atoms with Crippen LogP contribution in [-0.2, 0) is 14.4 Å². The van der Waals surface area contributed by atoms with Gasteiger partial charge in [-0.1, -0.05) is 278 Å². The summed E-state index contributed by atoms with van der Waals surface area (Å²) in [6.07, 6.45) is 41.9. The summed E-state index contributed by atoms with van der Waals surface area (Å²) in [4.78, 5) is 48.1. The number of nitrogens with zero attached hydrogens (tertiary/aromatic N) is 2. The molecule has 2 amide bonds. The number of amides is 2. The van der Waals surface area contributed by atoms with Crippen molar-refractivity contribution in [2.75, 3.05) is 10.2 Å². The monoisotopic (exact) mass is 1240 g/mol. The van der Waals surface area contributed by atoms with E-state index in [-0.39, 0.29) is 46.3 Å². The highest BCUT2D eigenvalue weighted by atomic mass is 16.3. The summed E-state index contributed by atoms with van der Waals surface area (Å²) < 4.78 is 2.18. The molecule has 5 aromatic rings. The predicted octanol–water partition coefficient (Wildman–Crippen LogP) is 23.8. The van der Waals surface area contributed by atoms with Crippen molar-refractivity contribution in [3.8, 4) is 0 Å². The first-order valence-corrected chi connectivity index (χ1v) is 36.5. The van der Waals surface area contributed by atoms with Crippen molar-refractivity contribution in [2.45, 2.75) is 261 Å². The van der Waals surface area contributed by atoms with Crippen LogP contribution in [0.15, 0.2) is 156 Å². The fraction of sp³-hybridized carbons (Fsp3) is 0.500. The number of aliphatic hydroxyl groups excluding tert-OH is 1. The van der Waals surface area contributed by atoms with E-state index in [2.05, 4.69) is 173 Å². The molecule has 5 aromatic carbocycles. The van der Waals surface area contributed by atoms with Crippen molar-refractivity contribution >= 4 is 63.0 Å². The Hall–Kier alpha value is -7.06. The van der Waals surface area contributed by atoms with Gasteiger partial charge in [-0.05, 0) is 102 Å². The van der Waals surface area contributed by atoms with E-state index in [0.717, 1.165) is 133 Å². The summed E-state index contributed by atoms with van der Waals surface area (Å²) >= 11 is 0. The topological polar surface area (TPSA) is 102 Å². The van der Waals surface area contributed by atoms with Gasteiger partial charge in [-0.25, -0.2) is 0 Å². The van der Waals surface area contributed by atoms with Gasteiger partial charge in [0.1, 0.15) is 5.76 Å². The van der Waals surface area contributed by atoms with Gasteiger partial charge in [0.15, 0.2) is 0 Å². The van der Waals surface area contributed by atoms with Crippen LogP contribution in [0.5, 0.6) is 0 Å². The number of hydrogen-bond acceptors (Lipinski definition) is 5. The first-order valence-electron chi connectivity index (χ1n) is 36.5. The van der Waals surface area contributed by atoms with Crippen LogP contribution in [0.3, 0.4) is 0 Å². The van der Waals surface area contributed by atoms with Crippen LogP contribution in [0.25, 0.3) is 5.57 Å². The number of ketones is 1. The molecule has 494 valence electrons. The van der Waals surface area contributed by atoms with E-state index in [4.69, 9.17) is 0 Å². The minimum absolute atomic E-state index is 0.0528. The molecule has 0 radical (unpaired) electrons. The maximum atomic E-state index is 15.5. The molecule has 3 N–H and O–H groups in total. The number of allylic oxidation sites excluding steroid dienone is 5. The van der Waals surface area contributed by atoms with Crippen LogP contribution in [0.2, 0.25) is 0 Å². The third kappa shape index (κ3) is 22.0. The SMILES string of the molecule is CCCCCCCCCCC(CCCCCCCC)C(=O)NC1=CC(=[N+](c2ccc(C)cc2)c2ccc(C)cc2)C=C/C1=C1\C(=O)C(c2ccc(N(c3ccc(C)cc3)c3ccc(C)cc3)cc2NC(=O)C(CCCCCCCC)CCCCCCCCCC)=C1O. The maximum absolute atomic E-state index is 15.5. The van der Waals surface area contributed by atoms with Crippen LogP contribution in [0, 0.1) is 39.5 Å². The van der Waals surface area contributed by atoms with Gasteiger partial charge < -0.3 is 20.6 Å². The summed E-state index contributed by atoms with van der Waals surface area (Å²) in [6.45, 7) is 17.3. The fourth-order valence-electron chi connectivity index (χ4n) is 13.2. The number of nitrogens with one attached hydrogen (secondary N) is 2. The van der Waals surface area contributed by atoms with Gasteiger partial charge in [-0.2, -0.15) is 4.58 Å². The molecule has 0 fully saturated rings. The fourth-order valence-corrected chi connectivity index (χ4v) is 13.2. The quantitative estimate of drug-likeness (QED) is 0.0205. The van der Waals surface area contributed by atoms with Crippen LogP contribution < -0.4 is 20.1 Å². The van der Waals surface area contributed by atoms with Gasteiger partial charge in [0.25, 0.3) is 0 Å². The number of unbranched alkanes of at least 4 members (excludes halogenated alkanes) is 24. The van der Waals surface area contributed by atoms with E-state index in [9.17, 15) is 5.11 Å². The van der Waals surface area contributed by atoms with E-state index in [1.807, 2.05) is 36.4 Å². The molecule has 2 aliphatic rings. The molecular formula is C84H115N4O4+. The first kappa shape index (κ1) is 72.4. The molecule has 0 saturated heterocycles. The van der Waals surface area contributed by atoms with Crippen molar-refractivity contribution < 1.29 is 19.5 Å². The minimum atomic E-state index is -0.345. The zero-order valence-corrected chi connectivity index (χ0v) is 58.1. The Morgan fingerprint density at radius 2 is 0.772 bits per heavy atom. The highest BCUT2D eigenvalue weighted by Crippen LogP contribution is 2.46. The van der Waals surface area contributed by atoms with Crippen molar-refractivity contribution in [3.05, 3.63) is 184 Å². The zero-order chi connectivity index (χ0) is 65.5. The normalized spacial score (nSPS) is 14.5. The second kappa shape index (κ2) is 39.5. The Morgan fingerprint density at radius 3 is 1.15 bits per heavy atom. The van der Waals surface area contributed by atoms with E-state index in [1.54, 1.807) is 0 Å². The predicted molar refractivity (Wildman–Crippen MR) is 392 cm³/mol. The molecule has 0 heterocycles. The third-order valence-electron chi connectivity index (χ3n) is 19.0. The van der Waals surface area contributed by atoms with Crippen molar-refractivity contribution in [3.63, 3.8) is 0 Å². The smallest absolute Gasteiger partial charge is 0.227 e. The lowest BCUT2D eigenvalue weighted by atomic mass is 9.78. The highest BCUT2D eigenvalue weighted by Gasteiger charge is 2.41. The van der Waals surface area contributed by atoms with Crippen molar-refractivity contribution in [1.82, 2.24) is 9.89 Å². The molecular weight excluding hydrogens is 1130 g/mol. The summed E-state index contributed by atoms with van der Waals surface area (Å²) in [6, 6.07) is 39.7. The lowest BCUT2D eigenvalue weighted by Crippen LogP contribution is -2.34. The molecule has 2 aliphatic carbocycles. The number of benzene rings is 5. The lowest BCUT2D eigenvalue weighted by molar-refractivity contribution is -0.124. The summed E-state index contributed by atoms with van der Waals surface area (Å²) in [5.74, 6) is -1.04. The van der Waals surface area contributed by atoms with Crippen LogP contribution in [0.4, 0.5) is 34.1 Å². The number of rotatable bonds is 42. The van der Waals surface area contributed by atoms with Gasteiger partial charge in [0.2, 0.25) is 34.7 Å². The number of aliphatic hydroxyl groups is 1. The van der Waals surface area contributed by atoms with Crippen LogP contribution in [-0.4, -0.2) is 28.4 Å². The number of Topliss-reactive ketones (excluding diaryl/α,β-unsaturated/α-hetero) is 1. The summed E-state index contributed by atoms with van der Waals surface area (Å²) in [5.41, 5.74) is 12.1. The van der Waals surface area contributed by atoms with Gasteiger partial charge >= 0.3 is 0 Å². The second-order valence-corrected chi connectivity index (χ2v) is 26.9. The third-order valence-corrected chi connectivity index (χ3v) is 19.0. The first-order chi connectivity index (χ1) is 44.8. The van der Waals surface area contributed by atoms with Crippen molar-refractivity contribution in [1.29, 1.82) is 0 Å². The van der Waals surface area contributed by atoms with Gasteiger partial charge in [-0.3, -0.25) is 14.4 Å². The molecule has 7 rings (SSSR count). The molecule has 0 bridgehead atoms. The number of hydrogen-bond donors (Lipinski definition) is 3. The van der Waals surface area contributed by atoms with Gasteiger partial charge in [-0.15, -0.1) is 0 Å². The molecule has 8 heteroatoms. The Labute approximate surface area is 556 Å². The Balaban J connectivity index is 1.33. The van der Waals surface area contributed by atoms with Crippen molar-refractivity contribution in [2.24, 2.45) is 11.8 Å². The van der Waals surface area contributed by atoms with Crippen LogP contribution in [0.1, 0.15) is 261 Å². The lowest BCUT2D eigenvalue weighted by Gasteiger charge is -2.30. The average molecular weight is 1240 g/mol. The molecule has 92 heavy (non-hydrogen) atoms. The molecule has 8 nitrogen and oxygen atoms in total. The molecule has 2 unspecified atom stereocenters. The minimum Gasteiger partial charge on any atom is -0.506 e. The molecule has 0 saturated carbocycles. The van der Waals surface area contributed by atoms with Gasteiger partial charge in [0.05, 0.1) is 22.5 Å². The Kier molecular flexibility index (Phi) is 31.1. The van der Waals surface area contributed by atoms with E-state index >= 15 is 14.4 Å². The molecule has 2 atom stereocenters. The van der Waals surface area contributed by atoms with E-state index in [0.29, 0.717) is 22.5 Å². The average Bonchev–Trinajstić information content (AvgIpc) is 0.744. The summed E-state index contributed by atoms with van der Waals surface area (Å²) in [7, 11) is 0. The largest absolute Gasteiger partial charge is 0.506 e. The molecule has 0 aliphatic heterocycles. The number of carbonyl (C=O) groups is 3. The standard InChI is InChI=1S/C84H114N4O4/c1-9-13-17-21-25-27-31-35-39-67(37-33-29-23-19-15-11-3)83(91)85-77-61-73(87(69-49-41-63(5)42-50-69)70-51-43-64(6)44-52-70)57-59-75(77)79-81(89)80(82(79)90)76-60-58-74(88(71-53-45-65(7)46-54-71)72-55-47-66(8)48-56-72)62-78(76)86-84(92)68(38-34-30-24-20-16-12-4)40-36-32-28-26-22-18-14-10-2/h41-62,67-68H,9-40H2,1-8H3,(H2,85,86,89,90,91,92)/p+1. The molecule has 0 spiro atoms. The van der Waals surface area contributed by atoms with Gasteiger partial charge in [0, 0.05) is 76.5 Å². The summed E-state index contributed by atoms with van der Waals surface area (Å²) in [5, 5.41) is 19.7.